The van der Waals surface area contributed by atoms with Crippen LogP contribution in [-0.2, 0) is 16.4 Å². The summed E-state index contributed by atoms with van der Waals surface area (Å²) in [7, 11) is -3.78. The van der Waals surface area contributed by atoms with E-state index in [1.54, 1.807) is 18.2 Å². The average Bonchev–Trinajstić information content (AvgIpc) is 3.10. The Morgan fingerprint density at radius 2 is 2.00 bits per heavy atom. The van der Waals surface area contributed by atoms with Crippen molar-refractivity contribution in [3.63, 3.8) is 0 Å². The standard InChI is InChI=1S/C15H12N2O5S/c18-15-16-12-3-2-11(8-14(12)22-15)23(19,20)17-10-1-4-13-9(7-10)5-6-21-13/h1-4,7-8,17H,5-6H2,(H,16,18). The highest BCUT2D eigenvalue weighted by Gasteiger charge is 2.18. The summed E-state index contributed by atoms with van der Waals surface area (Å²) in [6.45, 7) is 0.606. The molecule has 0 unspecified atom stereocenters. The number of H-pyrrole nitrogens is 1. The van der Waals surface area contributed by atoms with E-state index < -0.39 is 15.8 Å². The molecule has 1 aliphatic heterocycles. The van der Waals surface area contributed by atoms with Gasteiger partial charge in [-0.1, -0.05) is 0 Å². The molecule has 3 aromatic rings. The molecule has 7 nitrogen and oxygen atoms in total. The zero-order valence-corrected chi connectivity index (χ0v) is 12.6. The van der Waals surface area contributed by atoms with Gasteiger partial charge in [0.2, 0.25) is 0 Å². The number of aromatic amines is 1. The second-order valence-corrected chi connectivity index (χ2v) is 6.88. The van der Waals surface area contributed by atoms with Gasteiger partial charge in [0.1, 0.15) is 5.75 Å². The number of oxazole rings is 1. The predicted octanol–water partition coefficient (Wildman–Crippen LogP) is 1.86. The highest BCUT2D eigenvalue weighted by molar-refractivity contribution is 7.92. The van der Waals surface area contributed by atoms with Gasteiger partial charge in [-0.3, -0.25) is 9.71 Å². The van der Waals surface area contributed by atoms with Crippen LogP contribution >= 0.6 is 0 Å². The fourth-order valence-electron chi connectivity index (χ4n) is 2.56. The van der Waals surface area contributed by atoms with Crippen molar-refractivity contribution >= 4 is 26.8 Å². The van der Waals surface area contributed by atoms with E-state index in [0.29, 0.717) is 17.8 Å². The fourth-order valence-corrected chi connectivity index (χ4v) is 3.62. The van der Waals surface area contributed by atoms with Gasteiger partial charge in [-0.05, 0) is 35.9 Å². The minimum absolute atomic E-state index is 0.0181. The third-order valence-corrected chi connectivity index (χ3v) is 5.02. The molecule has 23 heavy (non-hydrogen) atoms. The summed E-state index contributed by atoms with van der Waals surface area (Å²) in [6.07, 6.45) is 0.755. The second-order valence-electron chi connectivity index (χ2n) is 5.20. The van der Waals surface area contributed by atoms with Gasteiger partial charge in [-0.15, -0.1) is 0 Å². The Balaban J connectivity index is 1.69. The van der Waals surface area contributed by atoms with Crippen molar-refractivity contribution < 1.29 is 17.6 Å². The molecule has 2 aromatic carbocycles. The molecule has 0 radical (unpaired) electrons. The van der Waals surface area contributed by atoms with Crippen LogP contribution in [0.3, 0.4) is 0 Å². The van der Waals surface area contributed by atoms with E-state index in [-0.39, 0.29) is 10.5 Å². The molecule has 0 saturated carbocycles. The Morgan fingerprint density at radius 1 is 1.13 bits per heavy atom. The van der Waals surface area contributed by atoms with Crippen molar-refractivity contribution in [3.8, 4) is 5.75 Å². The topological polar surface area (TPSA) is 101 Å². The van der Waals surface area contributed by atoms with Crippen LogP contribution in [0.5, 0.6) is 5.75 Å². The lowest BCUT2D eigenvalue weighted by molar-refractivity contribution is 0.357. The maximum absolute atomic E-state index is 12.5. The third kappa shape index (κ3) is 2.46. The van der Waals surface area contributed by atoms with Crippen molar-refractivity contribution in [3.05, 3.63) is 52.5 Å². The van der Waals surface area contributed by atoms with Crippen molar-refractivity contribution in [2.75, 3.05) is 11.3 Å². The number of benzene rings is 2. The first-order chi connectivity index (χ1) is 11.0. The summed E-state index contributed by atoms with van der Waals surface area (Å²) >= 11 is 0. The van der Waals surface area contributed by atoms with Gasteiger partial charge in [0.05, 0.1) is 17.0 Å². The van der Waals surface area contributed by atoms with E-state index >= 15 is 0 Å². The van der Waals surface area contributed by atoms with Crippen LogP contribution in [0.4, 0.5) is 5.69 Å². The van der Waals surface area contributed by atoms with Gasteiger partial charge in [0.15, 0.2) is 5.58 Å². The molecule has 1 aromatic heterocycles. The summed E-state index contributed by atoms with van der Waals surface area (Å²) < 4.78 is 37.8. The fraction of sp³-hybridized carbons (Fsp3) is 0.133. The van der Waals surface area contributed by atoms with Crippen LogP contribution in [0, 0.1) is 0 Å². The minimum Gasteiger partial charge on any atom is -0.493 e. The first-order valence-electron chi connectivity index (χ1n) is 6.93. The number of anilines is 1. The van der Waals surface area contributed by atoms with Gasteiger partial charge >= 0.3 is 5.76 Å². The normalized spacial score (nSPS) is 13.7. The van der Waals surface area contributed by atoms with Gasteiger partial charge in [0, 0.05) is 18.2 Å². The molecule has 8 heteroatoms. The molecular formula is C15H12N2O5S. The molecule has 0 spiro atoms. The molecule has 2 N–H and O–H groups in total. The predicted molar refractivity (Wildman–Crippen MR) is 83.3 cm³/mol. The maximum atomic E-state index is 12.5. The molecule has 118 valence electrons. The Hall–Kier alpha value is -2.74. The number of hydrogen-bond acceptors (Lipinski definition) is 5. The van der Waals surface area contributed by atoms with Crippen molar-refractivity contribution in [2.45, 2.75) is 11.3 Å². The number of ether oxygens (including phenoxy) is 1. The van der Waals surface area contributed by atoms with E-state index in [1.807, 2.05) is 0 Å². The summed E-state index contributed by atoms with van der Waals surface area (Å²) in [6, 6.07) is 9.37. The molecule has 0 amide bonds. The Labute approximate surface area is 130 Å². The molecule has 0 fully saturated rings. The van der Waals surface area contributed by atoms with E-state index in [1.165, 1.54) is 18.2 Å². The molecule has 2 heterocycles. The molecule has 0 saturated heterocycles. The third-order valence-electron chi connectivity index (χ3n) is 3.64. The number of aromatic nitrogens is 1. The van der Waals surface area contributed by atoms with E-state index in [4.69, 9.17) is 9.15 Å². The van der Waals surface area contributed by atoms with Crippen molar-refractivity contribution in [2.24, 2.45) is 0 Å². The smallest absolute Gasteiger partial charge is 0.417 e. The number of hydrogen-bond donors (Lipinski definition) is 2. The lowest BCUT2D eigenvalue weighted by Gasteiger charge is -2.09. The summed E-state index contributed by atoms with van der Waals surface area (Å²) in [4.78, 5) is 13.6. The molecule has 0 bridgehead atoms. The van der Waals surface area contributed by atoms with Crippen LogP contribution in [0.1, 0.15) is 5.56 Å². The Kier molecular flexibility index (Phi) is 2.95. The first kappa shape index (κ1) is 13.9. The SMILES string of the molecule is O=c1[nH]c2ccc(S(=O)(=O)Nc3ccc4c(c3)CCO4)cc2o1. The van der Waals surface area contributed by atoms with E-state index in [2.05, 4.69) is 9.71 Å². The van der Waals surface area contributed by atoms with Gasteiger partial charge in [0.25, 0.3) is 10.0 Å². The highest BCUT2D eigenvalue weighted by atomic mass is 32.2. The number of fused-ring (bicyclic) bond motifs is 2. The van der Waals surface area contributed by atoms with Crippen molar-refractivity contribution in [1.29, 1.82) is 0 Å². The molecule has 1 aliphatic rings. The quantitative estimate of drug-likeness (QED) is 0.762. The monoisotopic (exact) mass is 332 g/mol. The van der Waals surface area contributed by atoms with Gasteiger partial charge in [-0.2, -0.15) is 0 Å². The van der Waals surface area contributed by atoms with Crippen LogP contribution < -0.4 is 15.2 Å². The summed E-state index contributed by atoms with van der Waals surface area (Å²) in [5.41, 5.74) is 2.08. The highest BCUT2D eigenvalue weighted by Crippen LogP contribution is 2.29. The van der Waals surface area contributed by atoms with Gasteiger partial charge in [-0.25, -0.2) is 13.2 Å². The zero-order valence-electron chi connectivity index (χ0n) is 11.8. The number of rotatable bonds is 3. The number of nitrogens with one attached hydrogen (secondary N) is 2. The summed E-state index contributed by atoms with van der Waals surface area (Å²) in [5.74, 6) is 0.157. The van der Waals surface area contributed by atoms with E-state index in [0.717, 1.165) is 17.7 Å². The number of sulfonamides is 1. The lowest BCUT2D eigenvalue weighted by atomic mass is 10.1. The van der Waals surface area contributed by atoms with E-state index in [9.17, 15) is 13.2 Å². The molecule has 0 atom stereocenters. The first-order valence-corrected chi connectivity index (χ1v) is 8.41. The lowest BCUT2D eigenvalue weighted by Crippen LogP contribution is -2.12. The molecule has 4 rings (SSSR count). The molecule has 0 aliphatic carbocycles. The minimum atomic E-state index is -3.78. The van der Waals surface area contributed by atoms with Crippen LogP contribution in [0.15, 0.2) is 50.5 Å². The zero-order chi connectivity index (χ0) is 16.0. The van der Waals surface area contributed by atoms with Crippen LogP contribution in [0.25, 0.3) is 11.1 Å². The second kappa shape index (κ2) is 4.88. The largest absolute Gasteiger partial charge is 0.493 e. The van der Waals surface area contributed by atoms with Crippen LogP contribution in [0.2, 0.25) is 0 Å². The Morgan fingerprint density at radius 3 is 2.87 bits per heavy atom. The Bertz CT molecular complexity index is 1060. The summed E-state index contributed by atoms with van der Waals surface area (Å²) in [5, 5.41) is 0. The average molecular weight is 332 g/mol. The van der Waals surface area contributed by atoms with Crippen molar-refractivity contribution in [1.82, 2.24) is 4.98 Å². The molecular weight excluding hydrogens is 320 g/mol. The van der Waals surface area contributed by atoms with Gasteiger partial charge < -0.3 is 9.15 Å². The van der Waals surface area contributed by atoms with Crippen LogP contribution in [-0.4, -0.2) is 20.0 Å². The maximum Gasteiger partial charge on any atom is 0.417 e.